The monoisotopic (exact) mass is 370 g/mol. The summed E-state index contributed by atoms with van der Waals surface area (Å²) in [5, 5.41) is 28.6. The third-order valence-corrected chi connectivity index (χ3v) is 4.96. The average Bonchev–Trinajstić information content (AvgIpc) is 2.63. The lowest BCUT2D eigenvalue weighted by Gasteiger charge is -2.25. The number of hydrogen-bond acceptors (Lipinski definition) is 5. The molecule has 1 saturated carbocycles. The Balaban J connectivity index is 2.12. The smallest absolute Gasteiger partial charge is 0.281 e. The molecule has 6 nitrogen and oxygen atoms in total. The van der Waals surface area contributed by atoms with Crippen molar-refractivity contribution in [3.05, 3.63) is 50.8 Å². The lowest BCUT2D eigenvalue weighted by molar-refractivity contribution is 0.303. The first-order chi connectivity index (χ1) is 12.5. The van der Waals surface area contributed by atoms with Gasteiger partial charge in [0.15, 0.2) is 5.69 Å². The predicted octanol–water partition coefficient (Wildman–Crippen LogP) is 5.31. The summed E-state index contributed by atoms with van der Waals surface area (Å²) in [5.74, 6) is -0.274. The number of benzene rings is 1. The number of nitriles is 1. The van der Waals surface area contributed by atoms with E-state index in [0.717, 1.165) is 32.1 Å². The quantitative estimate of drug-likeness (QED) is 0.742. The van der Waals surface area contributed by atoms with Gasteiger partial charge in [-0.15, -0.1) is 5.11 Å². The summed E-state index contributed by atoms with van der Waals surface area (Å²) in [6.07, 6.45) is 4.69. The summed E-state index contributed by atoms with van der Waals surface area (Å²) in [7, 11) is 0. The van der Waals surface area contributed by atoms with Crippen LogP contribution < -0.4 is 5.56 Å². The van der Waals surface area contributed by atoms with Crippen molar-refractivity contribution in [3.63, 3.8) is 0 Å². The Bertz CT molecular complexity index is 953. The molecule has 0 radical (unpaired) electrons. The first-order valence-electron chi connectivity index (χ1n) is 8.58. The van der Waals surface area contributed by atoms with Crippen LogP contribution in [0.5, 0.6) is 5.88 Å². The van der Waals surface area contributed by atoms with Gasteiger partial charge in [-0.25, -0.2) is 0 Å². The zero-order chi connectivity index (χ0) is 18.7. The second-order valence-corrected chi connectivity index (χ2v) is 6.87. The molecule has 0 unspecified atom stereocenters. The molecule has 26 heavy (non-hydrogen) atoms. The van der Waals surface area contributed by atoms with E-state index in [9.17, 15) is 15.2 Å². The van der Waals surface area contributed by atoms with E-state index in [2.05, 4.69) is 10.2 Å². The number of nitrogens with zero attached hydrogens (tertiary/aromatic N) is 4. The first-order valence-corrected chi connectivity index (χ1v) is 8.96. The number of hydrogen-bond donors (Lipinski definition) is 1. The summed E-state index contributed by atoms with van der Waals surface area (Å²) < 4.78 is 1.32. The van der Waals surface area contributed by atoms with Gasteiger partial charge in [0.25, 0.3) is 5.56 Å². The Morgan fingerprint density at radius 1 is 1.27 bits per heavy atom. The summed E-state index contributed by atoms with van der Waals surface area (Å²) in [6, 6.07) is 8.67. The highest BCUT2D eigenvalue weighted by Crippen LogP contribution is 2.34. The zero-order valence-electron chi connectivity index (χ0n) is 14.4. The van der Waals surface area contributed by atoms with Gasteiger partial charge in [0.2, 0.25) is 5.88 Å². The van der Waals surface area contributed by atoms with E-state index in [1.165, 1.54) is 4.57 Å². The van der Waals surface area contributed by atoms with Crippen LogP contribution in [0.25, 0.3) is 0 Å². The van der Waals surface area contributed by atoms with Crippen LogP contribution in [0.3, 0.4) is 0 Å². The van der Waals surface area contributed by atoms with Crippen LogP contribution in [-0.2, 0) is 0 Å². The fraction of sp³-hybridized carbons (Fsp3) is 0.368. The number of halogens is 1. The summed E-state index contributed by atoms with van der Waals surface area (Å²) in [6.45, 7) is 1.59. The highest BCUT2D eigenvalue weighted by Gasteiger charge is 2.25. The second-order valence-electron chi connectivity index (χ2n) is 6.43. The van der Waals surface area contributed by atoms with Crippen LogP contribution in [0.4, 0.5) is 11.4 Å². The van der Waals surface area contributed by atoms with E-state index in [1.807, 2.05) is 6.07 Å². The van der Waals surface area contributed by atoms with Crippen LogP contribution in [0.15, 0.2) is 39.3 Å². The van der Waals surface area contributed by atoms with Gasteiger partial charge in [-0.3, -0.25) is 9.36 Å². The van der Waals surface area contributed by atoms with Crippen molar-refractivity contribution in [2.45, 2.75) is 45.1 Å². The molecule has 0 bridgehead atoms. The number of aromatic hydroxyl groups is 1. The molecule has 1 aromatic carbocycles. The fourth-order valence-corrected chi connectivity index (χ4v) is 3.54. The Morgan fingerprint density at radius 2 is 2.00 bits per heavy atom. The first kappa shape index (κ1) is 18.2. The third kappa shape index (κ3) is 3.49. The Morgan fingerprint density at radius 3 is 2.65 bits per heavy atom. The van der Waals surface area contributed by atoms with Gasteiger partial charge in [0, 0.05) is 16.6 Å². The standard InChI is InChI=1S/C19H19ClN4O2/c1-12-16(11-21)18(25)24(15-8-3-2-4-9-15)19(26)17(12)23-22-14-7-5-6-13(20)10-14/h5-7,10,15,25H,2-4,8-9H2,1H3. The molecule has 1 aliphatic carbocycles. The highest BCUT2D eigenvalue weighted by molar-refractivity contribution is 6.30. The molecule has 0 spiro atoms. The maximum absolute atomic E-state index is 13.0. The number of azo groups is 1. The largest absolute Gasteiger partial charge is 0.493 e. The molecular formula is C19H19ClN4O2. The van der Waals surface area contributed by atoms with Crippen LogP contribution in [0.2, 0.25) is 5.02 Å². The maximum atomic E-state index is 13.0. The molecule has 0 aliphatic heterocycles. The van der Waals surface area contributed by atoms with Crippen molar-refractivity contribution >= 4 is 23.0 Å². The molecule has 1 heterocycles. The highest BCUT2D eigenvalue weighted by atomic mass is 35.5. The summed E-state index contributed by atoms with van der Waals surface area (Å²) in [5.41, 5.74) is 0.553. The van der Waals surface area contributed by atoms with Crippen molar-refractivity contribution in [2.24, 2.45) is 10.2 Å². The molecular weight excluding hydrogens is 352 g/mol. The van der Waals surface area contributed by atoms with Gasteiger partial charge in [-0.1, -0.05) is 36.9 Å². The van der Waals surface area contributed by atoms with Gasteiger partial charge in [-0.05, 0) is 38.0 Å². The van der Waals surface area contributed by atoms with Crippen molar-refractivity contribution in [3.8, 4) is 11.9 Å². The molecule has 1 N–H and O–H groups in total. The molecule has 0 saturated heterocycles. The van der Waals surface area contributed by atoms with Crippen molar-refractivity contribution in [2.75, 3.05) is 0 Å². The van der Waals surface area contributed by atoms with Crippen LogP contribution in [-0.4, -0.2) is 9.67 Å². The van der Waals surface area contributed by atoms with Gasteiger partial charge >= 0.3 is 0 Å². The van der Waals surface area contributed by atoms with Crippen LogP contribution >= 0.6 is 11.6 Å². The molecule has 0 atom stereocenters. The van der Waals surface area contributed by atoms with Crippen LogP contribution in [0.1, 0.15) is 49.3 Å². The minimum atomic E-state index is -0.420. The van der Waals surface area contributed by atoms with Gasteiger partial charge < -0.3 is 5.11 Å². The van der Waals surface area contributed by atoms with E-state index >= 15 is 0 Å². The van der Waals surface area contributed by atoms with Crippen LogP contribution in [0, 0.1) is 18.3 Å². The maximum Gasteiger partial charge on any atom is 0.281 e. The lowest BCUT2D eigenvalue weighted by atomic mass is 9.94. The van der Waals surface area contributed by atoms with Crippen molar-refractivity contribution in [1.82, 2.24) is 4.57 Å². The topological polar surface area (TPSA) is 90.7 Å². The van der Waals surface area contributed by atoms with Gasteiger partial charge in [-0.2, -0.15) is 10.4 Å². The molecule has 1 aliphatic rings. The number of rotatable bonds is 3. The molecule has 2 aromatic rings. The SMILES string of the molecule is Cc1c(C#N)c(O)n(C2CCCCC2)c(=O)c1N=Nc1cccc(Cl)c1. The van der Waals surface area contributed by atoms with E-state index in [0.29, 0.717) is 16.3 Å². The fourth-order valence-electron chi connectivity index (χ4n) is 3.35. The summed E-state index contributed by atoms with van der Waals surface area (Å²) >= 11 is 5.94. The van der Waals surface area contributed by atoms with E-state index in [1.54, 1.807) is 31.2 Å². The van der Waals surface area contributed by atoms with Gasteiger partial charge in [0.1, 0.15) is 11.6 Å². The molecule has 134 valence electrons. The van der Waals surface area contributed by atoms with Crippen molar-refractivity contribution in [1.29, 1.82) is 5.26 Å². The number of aromatic nitrogens is 1. The Labute approximate surface area is 156 Å². The van der Waals surface area contributed by atoms with E-state index < -0.39 is 5.56 Å². The molecule has 1 aromatic heterocycles. The molecule has 3 rings (SSSR count). The molecule has 7 heteroatoms. The second kappa shape index (κ2) is 7.71. The normalized spacial score (nSPS) is 15.3. The Hall–Kier alpha value is -2.65. The zero-order valence-corrected chi connectivity index (χ0v) is 15.2. The number of pyridine rings is 1. The third-order valence-electron chi connectivity index (χ3n) is 4.73. The minimum Gasteiger partial charge on any atom is -0.493 e. The van der Waals surface area contributed by atoms with E-state index in [4.69, 9.17) is 11.6 Å². The molecule has 0 amide bonds. The Kier molecular flexibility index (Phi) is 5.38. The van der Waals surface area contributed by atoms with Gasteiger partial charge in [0.05, 0.1) is 5.69 Å². The molecule has 1 fully saturated rings. The van der Waals surface area contributed by atoms with Crippen molar-refractivity contribution < 1.29 is 5.11 Å². The van der Waals surface area contributed by atoms with E-state index in [-0.39, 0.29) is 23.2 Å². The predicted molar refractivity (Wildman–Crippen MR) is 99.6 cm³/mol. The average molecular weight is 371 g/mol. The lowest BCUT2D eigenvalue weighted by Crippen LogP contribution is -2.27. The summed E-state index contributed by atoms with van der Waals surface area (Å²) in [4.78, 5) is 13.0. The minimum absolute atomic E-state index is 0.0650.